The fourth-order valence-electron chi connectivity index (χ4n) is 2.54. The molecule has 1 saturated heterocycles. The van der Waals surface area contributed by atoms with Crippen LogP contribution < -0.4 is 4.74 Å². The standard InChI is InChI=1S/C15H18ClNO4/c1-9-6-11(7-10(2)14(9)16)21-8-13(18)17-5-3-4-12(17)15(19)20/h6-7,12H,3-5,8H2,1-2H3,(H,19,20)/t12-/m0/s1. The van der Waals surface area contributed by atoms with E-state index in [0.29, 0.717) is 30.2 Å². The minimum atomic E-state index is -0.959. The van der Waals surface area contributed by atoms with Crippen molar-refractivity contribution in [2.45, 2.75) is 32.7 Å². The maximum atomic E-state index is 12.1. The number of likely N-dealkylation sites (tertiary alicyclic amines) is 1. The van der Waals surface area contributed by atoms with Gasteiger partial charge >= 0.3 is 5.97 Å². The van der Waals surface area contributed by atoms with Gasteiger partial charge in [0.15, 0.2) is 6.61 Å². The topological polar surface area (TPSA) is 66.8 Å². The summed E-state index contributed by atoms with van der Waals surface area (Å²) in [6.07, 6.45) is 1.21. The van der Waals surface area contributed by atoms with Crippen LogP contribution in [0.15, 0.2) is 12.1 Å². The van der Waals surface area contributed by atoms with E-state index < -0.39 is 12.0 Å². The number of aryl methyl sites for hydroxylation is 2. The second-order valence-electron chi connectivity index (χ2n) is 5.24. The number of aliphatic carboxylic acids is 1. The normalized spacial score (nSPS) is 17.9. The Labute approximate surface area is 128 Å². The van der Waals surface area contributed by atoms with Crippen LogP contribution in [0, 0.1) is 13.8 Å². The van der Waals surface area contributed by atoms with Crippen molar-refractivity contribution in [3.63, 3.8) is 0 Å². The van der Waals surface area contributed by atoms with Crippen LogP contribution in [0.4, 0.5) is 0 Å². The van der Waals surface area contributed by atoms with Crippen LogP contribution in [0.1, 0.15) is 24.0 Å². The van der Waals surface area contributed by atoms with Crippen molar-refractivity contribution in [3.05, 3.63) is 28.3 Å². The maximum absolute atomic E-state index is 12.1. The molecule has 1 amide bonds. The van der Waals surface area contributed by atoms with Crippen molar-refractivity contribution < 1.29 is 19.4 Å². The molecular weight excluding hydrogens is 294 g/mol. The summed E-state index contributed by atoms with van der Waals surface area (Å²) in [6, 6.07) is 2.80. The molecule has 0 aromatic heterocycles. The zero-order chi connectivity index (χ0) is 15.6. The van der Waals surface area contributed by atoms with E-state index >= 15 is 0 Å². The van der Waals surface area contributed by atoms with Crippen LogP contribution in [-0.4, -0.2) is 41.1 Å². The second kappa shape index (κ2) is 6.35. The summed E-state index contributed by atoms with van der Waals surface area (Å²) in [6.45, 7) is 4.04. The molecule has 0 bridgehead atoms. The molecule has 21 heavy (non-hydrogen) atoms. The number of hydrogen-bond donors (Lipinski definition) is 1. The van der Waals surface area contributed by atoms with Gasteiger partial charge in [-0.3, -0.25) is 4.79 Å². The zero-order valence-corrected chi connectivity index (χ0v) is 12.8. The molecule has 1 aliphatic heterocycles. The highest BCUT2D eigenvalue weighted by molar-refractivity contribution is 6.32. The summed E-state index contributed by atoms with van der Waals surface area (Å²) >= 11 is 6.07. The number of rotatable bonds is 4. The van der Waals surface area contributed by atoms with Crippen LogP contribution in [0.2, 0.25) is 5.02 Å². The van der Waals surface area contributed by atoms with Crippen molar-refractivity contribution in [3.8, 4) is 5.75 Å². The number of carbonyl (C=O) groups is 2. The van der Waals surface area contributed by atoms with Gasteiger partial charge in [-0.15, -0.1) is 0 Å². The summed E-state index contributed by atoms with van der Waals surface area (Å²) in [7, 11) is 0. The average molecular weight is 312 g/mol. The molecule has 1 heterocycles. The number of benzene rings is 1. The smallest absolute Gasteiger partial charge is 0.326 e. The Morgan fingerprint density at radius 1 is 1.38 bits per heavy atom. The van der Waals surface area contributed by atoms with Crippen molar-refractivity contribution >= 4 is 23.5 Å². The number of amides is 1. The molecule has 5 nitrogen and oxygen atoms in total. The van der Waals surface area contributed by atoms with Gasteiger partial charge in [0, 0.05) is 11.6 Å². The molecule has 0 aliphatic carbocycles. The van der Waals surface area contributed by atoms with E-state index in [9.17, 15) is 9.59 Å². The molecule has 0 radical (unpaired) electrons. The minimum absolute atomic E-state index is 0.162. The number of carbonyl (C=O) groups excluding carboxylic acids is 1. The number of carboxylic acid groups (broad SMARTS) is 1. The lowest BCUT2D eigenvalue weighted by molar-refractivity contribution is -0.148. The molecule has 1 fully saturated rings. The van der Waals surface area contributed by atoms with Gasteiger partial charge in [0.1, 0.15) is 11.8 Å². The van der Waals surface area contributed by atoms with Crippen LogP contribution in [-0.2, 0) is 9.59 Å². The molecule has 0 spiro atoms. The number of carboxylic acids is 1. The molecule has 1 atom stereocenters. The number of ether oxygens (including phenoxy) is 1. The van der Waals surface area contributed by atoms with Gasteiger partial charge < -0.3 is 14.7 Å². The molecular formula is C15H18ClNO4. The fraction of sp³-hybridized carbons (Fsp3) is 0.467. The van der Waals surface area contributed by atoms with Crippen molar-refractivity contribution in [2.24, 2.45) is 0 Å². The van der Waals surface area contributed by atoms with E-state index in [-0.39, 0.29) is 12.5 Å². The minimum Gasteiger partial charge on any atom is -0.484 e. The molecule has 1 aromatic carbocycles. The van der Waals surface area contributed by atoms with E-state index in [4.69, 9.17) is 21.4 Å². The lowest BCUT2D eigenvalue weighted by atomic mass is 10.1. The lowest BCUT2D eigenvalue weighted by Crippen LogP contribution is -2.42. The Kier molecular flexibility index (Phi) is 4.73. The van der Waals surface area contributed by atoms with Gasteiger partial charge in [0.2, 0.25) is 0 Å². The first kappa shape index (κ1) is 15.6. The van der Waals surface area contributed by atoms with Gasteiger partial charge in [-0.1, -0.05) is 11.6 Å². The Bertz CT molecular complexity index is 550. The Morgan fingerprint density at radius 3 is 2.57 bits per heavy atom. The monoisotopic (exact) mass is 311 g/mol. The van der Waals surface area contributed by atoms with E-state index in [2.05, 4.69) is 0 Å². The fourth-order valence-corrected chi connectivity index (χ4v) is 2.65. The van der Waals surface area contributed by atoms with Crippen LogP contribution in [0.3, 0.4) is 0 Å². The van der Waals surface area contributed by atoms with E-state index in [1.54, 1.807) is 12.1 Å². The number of hydrogen-bond acceptors (Lipinski definition) is 3. The first-order chi connectivity index (χ1) is 9.90. The SMILES string of the molecule is Cc1cc(OCC(=O)N2CCC[C@H]2C(=O)O)cc(C)c1Cl. The molecule has 114 valence electrons. The lowest BCUT2D eigenvalue weighted by Gasteiger charge is -2.21. The van der Waals surface area contributed by atoms with Gasteiger partial charge in [-0.05, 0) is 49.9 Å². The Balaban J connectivity index is 2.00. The van der Waals surface area contributed by atoms with E-state index in [0.717, 1.165) is 11.1 Å². The predicted octanol–water partition coefficient (Wildman–Crippen LogP) is 2.41. The highest BCUT2D eigenvalue weighted by atomic mass is 35.5. The van der Waals surface area contributed by atoms with Gasteiger partial charge in [0.25, 0.3) is 5.91 Å². The third-order valence-electron chi connectivity index (χ3n) is 3.63. The van der Waals surface area contributed by atoms with Crippen molar-refractivity contribution in [2.75, 3.05) is 13.2 Å². The largest absolute Gasteiger partial charge is 0.484 e. The maximum Gasteiger partial charge on any atom is 0.326 e. The highest BCUT2D eigenvalue weighted by Gasteiger charge is 2.33. The predicted molar refractivity (Wildman–Crippen MR) is 78.8 cm³/mol. The third-order valence-corrected chi connectivity index (χ3v) is 4.23. The average Bonchev–Trinajstić information content (AvgIpc) is 2.91. The Morgan fingerprint density at radius 2 is 2.00 bits per heavy atom. The van der Waals surface area contributed by atoms with E-state index in [1.807, 2.05) is 13.8 Å². The van der Waals surface area contributed by atoms with Crippen LogP contribution in [0.5, 0.6) is 5.75 Å². The number of halogens is 1. The summed E-state index contributed by atoms with van der Waals surface area (Å²) in [5.41, 5.74) is 1.76. The first-order valence-corrected chi connectivity index (χ1v) is 7.19. The van der Waals surface area contributed by atoms with Crippen LogP contribution in [0.25, 0.3) is 0 Å². The third kappa shape index (κ3) is 3.47. The Hall–Kier alpha value is -1.75. The van der Waals surface area contributed by atoms with Gasteiger partial charge in [-0.2, -0.15) is 0 Å². The quantitative estimate of drug-likeness (QED) is 0.927. The summed E-state index contributed by atoms with van der Waals surface area (Å²) in [5.74, 6) is -0.696. The molecule has 0 saturated carbocycles. The molecule has 0 unspecified atom stereocenters. The van der Waals surface area contributed by atoms with E-state index in [1.165, 1.54) is 4.90 Å². The zero-order valence-electron chi connectivity index (χ0n) is 12.1. The molecule has 1 aliphatic rings. The molecule has 2 rings (SSSR count). The van der Waals surface area contributed by atoms with Crippen molar-refractivity contribution in [1.29, 1.82) is 0 Å². The summed E-state index contributed by atoms with van der Waals surface area (Å²) in [5, 5.41) is 9.75. The van der Waals surface area contributed by atoms with Gasteiger partial charge in [0.05, 0.1) is 0 Å². The molecule has 1 N–H and O–H groups in total. The highest BCUT2D eigenvalue weighted by Crippen LogP contribution is 2.26. The van der Waals surface area contributed by atoms with Crippen molar-refractivity contribution in [1.82, 2.24) is 4.90 Å². The summed E-state index contributed by atoms with van der Waals surface area (Å²) < 4.78 is 5.48. The molecule has 6 heteroatoms. The summed E-state index contributed by atoms with van der Waals surface area (Å²) in [4.78, 5) is 24.5. The van der Waals surface area contributed by atoms with Crippen LogP contribution >= 0.6 is 11.6 Å². The number of nitrogens with zero attached hydrogens (tertiary/aromatic N) is 1. The first-order valence-electron chi connectivity index (χ1n) is 6.82. The van der Waals surface area contributed by atoms with Gasteiger partial charge in [-0.25, -0.2) is 4.79 Å². The molecule has 1 aromatic rings. The second-order valence-corrected chi connectivity index (χ2v) is 5.62.